The average molecular weight is 213 g/mol. The molecule has 1 fully saturated rings. The van der Waals surface area contributed by atoms with Gasteiger partial charge in [0.15, 0.2) is 0 Å². The molecule has 0 atom stereocenters. The van der Waals surface area contributed by atoms with Crippen LogP contribution in [-0.2, 0) is 0 Å². The van der Waals surface area contributed by atoms with Crippen LogP contribution in [0.2, 0.25) is 0 Å². The highest BCUT2D eigenvalue weighted by Gasteiger charge is 2.22. The summed E-state index contributed by atoms with van der Waals surface area (Å²) in [6.07, 6.45) is 9.07. The lowest BCUT2D eigenvalue weighted by molar-refractivity contribution is 0.158. The predicted molar refractivity (Wildman–Crippen MR) is 65.0 cm³/mol. The first-order valence-corrected chi connectivity index (χ1v) is 6.59. The summed E-state index contributed by atoms with van der Waals surface area (Å²) in [6, 6.07) is 0.812. The van der Waals surface area contributed by atoms with E-state index in [-0.39, 0.29) is 0 Å². The van der Waals surface area contributed by atoms with Crippen LogP contribution < -0.4 is 0 Å². The fourth-order valence-corrected chi connectivity index (χ4v) is 2.65. The van der Waals surface area contributed by atoms with Crippen molar-refractivity contribution in [2.75, 3.05) is 20.2 Å². The third-order valence-electron chi connectivity index (χ3n) is 3.94. The largest absolute Gasteiger partial charge is 0.396 e. The molecule has 1 saturated carbocycles. The summed E-state index contributed by atoms with van der Waals surface area (Å²) >= 11 is 0. The Kier molecular flexibility index (Phi) is 6.26. The van der Waals surface area contributed by atoms with E-state index >= 15 is 0 Å². The predicted octanol–water partition coefficient (Wildman–Crippen LogP) is 2.66. The van der Waals surface area contributed by atoms with Crippen molar-refractivity contribution in [3.63, 3.8) is 0 Å². The molecule has 2 heteroatoms. The number of unbranched alkanes of at least 4 members (excludes halogenated alkanes) is 1. The van der Waals surface area contributed by atoms with Crippen LogP contribution in [0.3, 0.4) is 0 Å². The fraction of sp³-hybridized carbons (Fsp3) is 1.00. The van der Waals surface area contributed by atoms with E-state index in [1.165, 1.54) is 32.1 Å². The second kappa shape index (κ2) is 7.24. The van der Waals surface area contributed by atoms with Gasteiger partial charge in [-0.05, 0) is 58.0 Å². The summed E-state index contributed by atoms with van der Waals surface area (Å²) in [4.78, 5) is 2.50. The Morgan fingerprint density at radius 2 is 1.80 bits per heavy atom. The maximum absolute atomic E-state index is 8.74. The van der Waals surface area contributed by atoms with E-state index in [1.807, 2.05) is 0 Å². The molecular formula is C13H27NO. The SMILES string of the molecule is CCC1CCC(N(C)CCCCO)CC1. The summed E-state index contributed by atoms with van der Waals surface area (Å²) < 4.78 is 0. The second-order valence-corrected chi connectivity index (χ2v) is 4.99. The van der Waals surface area contributed by atoms with Gasteiger partial charge in [0.05, 0.1) is 0 Å². The highest BCUT2D eigenvalue weighted by Crippen LogP contribution is 2.28. The zero-order valence-electron chi connectivity index (χ0n) is 10.4. The van der Waals surface area contributed by atoms with Gasteiger partial charge in [-0.1, -0.05) is 13.3 Å². The first-order chi connectivity index (χ1) is 7.27. The van der Waals surface area contributed by atoms with E-state index in [2.05, 4.69) is 18.9 Å². The molecule has 0 unspecified atom stereocenters. The molecule has 0 aliphatic heterocycles. The van der Waals surface area contributed by atoms with Gasteiger partial charge in [0.1, 0.15) is 0 Å². The van der Waals surface area contributed by atoms with Crippen LogP contribution in [0, 0.1) is 5.92 Å². The number of hydrogen-bond acceptors (Lipinski definition) is 2. The van der Waals surface area contributed by atoms with Crippen molar-refractivity contribution < 1.29 is 5.11 Å². The summed E-state index contributed by atoms with van der Waals surface area (Å²) in [7, 11) is 2.24. The zero-order valence-corrected chi connectivity index (χ0v) is 10.4. The summed E-state index contributed by atoms with van der Waals surface area (Å²) in [5, 5.41) is 8.74. The van der Waals surface area contributed by atoms with Gasteiger partial charge in [0, 0.05) is 12.6 Å². The van der Waals surface area contributed by atoms with Crippen molar-refractivity contribution in [3.05, 3.63) is 0 Å². The Morgan fingerprint density at radius 1 is 1.13 bits per heavy atom. The third-order valence-corrected chi connectivity index (χ3v) is 3.94. The summed E-state index contributed by atoms with van der Waals surface area (Å²) in [5.41, 5.74) is 0. The van der Waals surface area contributed by atoms with Crippen LogP contribution in [0.4, 0.5) is 0 Å². The molecule has 90 valence electrons. The van der Waals surface area contributed by atoms with Gasteiger partial charge in [0.2, 0.25) is 0 Å². The minimum atomic E-state index is 0.344. The molecule has 1 rings (SSSR count). The van der Waals surface area contributed by atoms with Gasteiger partial charge in [-0.25, -0.2) is 0 Å². The van der Waals surface area contributed by atoms with Crippen LogP contribution in [0.5, 0.6) is 0 Å². The highest BCUT2D eigenvalue weighted by atomic mass is 16.2. The summed E-state index contributed by atoms with van der Waals surface area (Å²) in [6.45, 7) is 3.81. The number of aliphatic hydroxyl groups excluding tert-OH is 1. The minimum Gasteiger partial charge on any atom is -0.396 e. The molecule has 1 aliphatic rings. The van der Waals surface area contributed by atoms with E-state index < -0.39 is 0 Å². The van der Waals surface area contributed by atoms with Gasteiger partial charge < -0.3 is 10.0 Å². The number of hydrogen-bond donors (Lipinski definition) is 1. The lowest BCUT2D eigenvalue weighted by Crippen LogP contribution is -2.35. The molecule has 0 aromatic heterocycles. The Balaban J connectivity index is 2.15. The molecular weight excluding hydrogens is 186 g/mol. The highest BCUT2D eigenvalue weighted by molar-refractivity contribution is 4.77. The van der Waals surface area contributed by atoms with Crippen LogP contribution in [0.1, 0.15) is 51.9 Å². The maximum Gasteiger partial charge on any atom is 0.0431 e. The van der Waals surface area contributed by atoms with E-state index in [0.717, 1.165) is 31.3 Å². The van der Waals surface area contributed by atoms with Crippen LogP contribution in [-0.4, -0.2) is 36.2 Å². The van der Waals surface area contributed by atoms with Crippen molar-refractivity contribution in [2.24, 2.45) is 5.92 Å². The topological polar surface area (TPSA) is 23.5 Å². The molecule has 0 aromatic carbocycles. The molecule has 2 nitrogen and oxygen atoms in total. The maximum atomic E-state index is 8.74. The van der Waals surface area contributed by atoms with Crippen molar-refractivity contribution >= 4 is 0 Å². The average Bonchev–Trinajstić information content (AvgIpc) is 2.29. The van der Waals surface area contributed by atoms with E-state index in [1.54, 1.807) is 0 Å². The smallest absolute Gasteiger partial charge is 0.0431 e. The van der Waals surface area contributed by atoms with Gasteiger partial charge in [-0.2, -0.15) is 0 Å². The second-order valence-electron chi connectivity index (χ2n) is 4.99. The van der Waals surface area contributed by atoms with Gasteiger partial charge in [-0.3, -0.25) is 0 Å². The lowest BCUT2D eigenvalue weighted by atomic mass is 9.84. The monoisotopic (exact) mass is 213 g/mol. The third kappa shape index (κ3) is 4.52. The molecule has 0 amide bonds. The molecule has 0 heterocycles. The van der Waals surface area contributed by atoms with Crippen LogP contribution >= 0.6 is 0 Å². The molecule has 0 spiro atoms. The minimum absolute atomic E-state index is 0.344. The molecule has 0 bridgehead atoms. The molecule has 1 aliphatic carbocycles. The van der Waals surface area contributed by atoms with Gasteiger partial charge in [0.25, 0.3) is 0 Å². The molecule has 1 N–H and O–H groups in total. The Hall–Kier alpha value is -0.0800. The van der Waals surface area contributed by atoms with Gasteiger partial charge in [-0.15, -0.1) is 0 Å². The Morgan fingerprint density at radius 3 is 2.33 bits per heavy atom. The molecule has 0 aromatic rings. The van der Waals surface area contributed by atoms with E-state index in [4.69, 9.17) is 5.11 Å². The standard InChI is InChI=1S/C13H27NO/c1-3-12-6-8-13(9-7-12)14(2)10-4-5-11-15/h12-13,15H,3-11H2,1-2H3. The lowest BCUT2D eigenvalue weighted by Gasteiger charge is -2.34. The first-order valence-electron chi connectivity index (χ1n) is 6.59. The molecule has 0 saturated heterocycles. The van der Waals surface area contributed by atoms with Crippen molar-refractivity contribution in [2.45, 2.75) is 57.9 Å². The van der Waals surface area contributed by atoms with E-state index in [9.17, 15) is 0 Å². The molecule has 15 heavy (non-hydrogen) atoms. The number of nitrogens with zero attached hydrogens (tertiary/aromatic N) is 1. The van der Waals surface area contributed by atoms with Crippen molar-refractivity contribution in [3.8, 4) is 0 Å². The fourth-order valence-electron chi connectivity index (χ4n) is 2.65. The molecule has 0 radical (unpaired) electrons. The Bertz CT molecular complexity index is 153. The quantitative estimate of drug-likeness (QED) is 0.686. The van der Waals surface area contributed by atoms with Crippen LogP contribution in [0.15, 0.2) is 0 Å². The first kappa shape index (κ1) is 13.0. The zero-order chi connectivity index (χ0) is 11.1. The number of aliphatic hydroxyl groups is 1. The normalized spacial score (nSPS) is 27.2. The van der Waals surface area contributed by atoms with E-state index in [0.29, 0.717) is 6.61 Å². The van der Waals surface area contributed by atoms with Crippen LogP contribution in [0.25, 0.3) is 0 Å². The van der Waals surface area contributed by atoms with Crippen molar-refractivity contribution in [1.29, 1.82) is 0 Å². The number of rotatable bonds is 6. The summed E-state index contributed by atoms with van der Waals surface area (Å²) in [5.74, 6) is 0.993. The van der Waals surface area contributed by atoms with Gasteiger partial charge >= 0.3 is 0 Å². The Labute approximate surface area is 94.7 Å². The van der Waals surface area contributed by atoms with Crippen molar-refractivity contribution in [1.82, 2.24) is 4.90 Å².